The molecule has 0 bridgehead atoms. The first-order valence-corrected chi connectivity index (χ1v) is 23.6. The first-order chi connectivity index (χ1) is 32.4. The molecule has 2 fully saturated rings. The maximum atomic E-state index is 14.6. The van der Waals surface area contributed by atoms with Crippen molar-refractivity contribution in [2.75, 3.05) is 19.6 Å². The van der Waals surface area contributed by atoms with Crippen molar-refractivity contribution in [2.24, 2.45) is 52.7 Å². The van der Waals surface area contributed by atoms with Crippen LogP contribution in [0.1, 0.15) is 117 Å². The maximum Gasteiger partial charge on any atom is 0.236 e. The van der Waals surface area contributed by atoms with E-state index in [0.717, 1.165) is 0 Å². The number of aromatic hydroxyl groups is 1. The van der Waals surface area contributed by atoms with Crippen molar-refractivity contribution in [3.8, 4) is 5.75 Å². The number of primary amides is 3. The lowest BCUT2D eigenvalue weighted by atomic mass is 9.87. The molecule has 0 aromatic heterocycles. The Morgan fingerprint density at radius 3 is 2.03 bits per heavy atom. The molecule has 0 spiro atoms. The average molecular weight is 967 g/mol. The van der Waals surface area contributed by atoms with Gasteiger partial charge in [-0.3, -0.25) is 57.5 Å². The van der Waals surface area contributed by atoms with Gasteiger partial charge in [0, 0.05) is 68.7 Å². The number of phenolic OH excluding ortho intramolecular Hbond substituents is 1. The van der Waals surface area contributed by atoms with Crippen LogP contribution in [0.4, 0.5) is 0 Å². The highest BCUT2D eigenvalue weighted by molar-refractivity contribution is 5.99. The van der Waals surface area contributed by atoms with E-state index in [4.69, 9.17) is 17.2 Å². The summed E-state index contributed by atoms with van der Waals surface area (Å²) in [6.45, 7) is 6.42. The minimum Gasteiger partial charge on any atom is -0.508 e. The molecule has 0 aliphatic carbocycles. The van der Waals surface area contributed by atoms with Crippen molar-refractivity contribution >= 4 is 70.4 Å². The van der Waals surface area contributed by atoms with Gasteiger partial charge in [0.05, 0.1) is 37.6 Å². The van der Waals surface area contributed by atoms with E-state index in [2.05, 4.69) is 21.3 Å². The largest absolute Gasteiger partial charge is 0.508 e. The first kappa shape index (κ1) is 56.8. The third-order valence-corrected chi connectivity index (χ3v) is 12.3. The zero-order valence-corrected chi connectivity index (χ0v) is 40.1. The number of nitrogens with two attached hydrogens (primary N) is 3. The number of hydrogen-bond acceptors (Lipinski definition) is 13. The molecular formula is C48H70N8O13. The van der Waals surface area contributed by atoms with Crippen LogP contribution in [0, 0.1) is 35.5 Å². The molecule has 3 rings (SSSR count). The second-order valence-corrected chi connectivity index (χ2v) is 19.2. The number of carbonyl (C=O) groups excluding carboxylic acids is 12. The highest BCUT2D eigenvalue weighted by Crippen LogP contribution is 2.28. The van der Waals surface area contributed by atoms with Gasteiger partial charge in [-0.05, 0) is 74.5 Å². The molecule has 2 aliphatic heterocycles. The Morgan fingerprint density at radius 2 is 1.42 bits per heavy atom. The summed E-state index contributed by atoms with van der Waals surface area (Å²) in [7, 11) is 0. The topological polar surface area (TPSA) is 354 Å². The fourth-order valence-corrected chi connectivity index (χ4v) is 8.75. The van der Waals surface area contributed by atoms with Gasteiger partial charge < -0.3 is 48.5 Å². The highest BCUT2D eigenvalue weighted by Gasteiger charge is 2.41. The molecular weight excluding hydrogens is 897 g/mol. The van der Waals surface area contributed by atoms with Gasteiger partial charge in [-0.2, -0.15) is 0 Å². The standard InChI is InChI=1S/C48H70N8O13/c1-26(2)16-31(45(66)53-25-43(51)64)22-40(61)37-6-5-15-56(37)48(69)30-10-14-44(65)52-24-34(58)19-32(18-28-7-11-33(57)12-8-28)47(68)54-35(17-27(3)4)38(59)20-29(9-13-41(49)62)46(67)55-36(23-42(50)63)39(60)21-30/h7-8,11-12,26-27,29-32,35-37,57H,5-6,9-10,13-25H2,1-4H3,(H2,49,62)(H2,50,63)(H2,51,64)(H,52,65)(H,53,66)(H,54,68)(H,55,67)/t29-,30-,31-,32-,35+,36+,37+/m1/s1. The first-order valence-electron chi connectivity index (χ1n) is 23.6. The molecule has 2 heterocycles. The molecule has 11 N–H and O–H groups in total. The predicted octanol–water partition coefficient (Wildman–Crippen LogP) is -0.0585. The van der Waals surface area contributed by atoms with Crippen LogP contribution in [0.3, 0.4) is 0 Å². The van der Waals surface area contributed by atoms with E-state index in [1.807, 2.05) is 13.8 Å². The number of amides is 8. The third-order valence-electron chi connectivity index (χ3n) is 12.3. The van der Waals surface area contributed by atoms with Crippen LogP contribution in [0.25, 0.3) is 0 Å². The van der Waals surface area contributed by atoms with E-state index in [0.29, 0.717) is 12.0 Å². The van der Waals surface area contributed by atoms with Gasteiger partial charge in [-0.15, -0.1) is 0 Å². The number of rotatable bonds is 18. The van der Waals surface area contributed by atoms with E-state index in [1.54, 1.807) is 26.0 Å². The third kappa shape index (κ3) is 19.5. The summed E-state index contributed by atoms with van der Waals surface area (Å²) in [6.07, 6.45) is -2.94. The van der Waals surface area contributed by atoms with Crippen LogP contribution in [0.2, 0.25) is 0 Å². The van der Waals surface area contributed by atoms with Crippen molar-refractivity contribution in [1.29, 1.82) is 0 Å². The Balaban J connectivity index is 2.05. The van der Waals surface area contributed by atoms with E-state index in [1.165, 1.54) is 17.0 Å². The molecule has 2 aliphatic rings. The van der Waals surface area contributed by atoms with Crippen molar-refractivity contribution in [3.63, 3.8) is 0 Å². The number of nitrogens with one attached hydrogen (secondary N) is 4. The van der Waals surface area contributed by atoms with Gasteiger partial charge in [0.2, 0.25) is 47.3 Å². The highest BCUT2D eigenvalue weighted by atomic mass is 16.3. The zero-order valence-electron chi connectivity index (χ0n) is 40.1. The van der Waals surface area contributed by atoms with E-state index >= 15 is 0 Å². The summed E-state index contributed by atoms with van der Waals surface area (Å²) in [5, 5.41) is 20.0. The fraction of sp³-hybridized carbons (Fsp3) is 0.625. The Bertz CT molecular complexity index is 2070. The SMILES string of the molecule is CC(C)C[C@H](CC(=O)[C@@H]1CCCN1C(=O)[C@@H]1CCC(=O)NCC(=O)C[C@@H](Cc2ccc(O)cc2)C(=O)N[C@@H](CC(C)C)C(=O)C[C@@H](CCC(N)=O)C(=O)N[C@@H](CC(N)=O)C(=O)C1)C(=O)NCC(N)=O. The fourth-order valence-electron chi connectivity index (χ4n) is 8.75. The van der Waals surface area contributed by atoms with Gasteiger partial charge in [-0.25, -0.2) is 0 Å². The molecule has 21 nitrogen and oxygen atoms in total. The summed E-state index contributed by atoms with van der Waals surface area (Å²) in [4.78, 5) is 162. The number of Topliss-reactive ketones (excluding diaryl/α,β-unsaturated/α-hetero) is 4. The van der Waals surface area contributed by atoms with Crippen molar-refractivity contribution < 1.29 is 62.6 Å². The smallest absolute Gasteiger partial charge is 0.236 e. The van der Waals surface area contributed by atoms with Crippen LogP contribution in [0.5, 0.6) is 5.75 Å². The molecule has 1 aromatic carbocycles. The number of ketones is 4. The van der Waals surface area contributed by atoms with Gasteiger partial charge in [-0.1, -0.05) is 39.8 Å². The molecule has 1 aromatic rings. The normalized spacial score (nSPS) is 23.1. The second-order valence-electron chi connectivity index (χ2n) is 19.2. The number of phenols is 1. The van der Waals surface area contributed by atoms with Gasteiger partial charge in [0.15, 0.2) is 23.1 Å². The van der Waals surface area contributed by atoms with E-state index in [9.17, 15) is 62.6 Å². The van der Waals surface area contributed by atoms with E-state index in [-0.39, 0.29) is 81.9 Å². The Kier molecular flexibility index (Phi) is 22.6. The molecule has 7 atom stereocenters. The lowest BCUT2D eigenvalue weighted by Crippen LogP contribution is -2.50. The zero-order chi connectivity index (χ0) is 51.5. The number of hydrogen-bond donors (Lipinski definition) is 8. The second kappa shape index (κ2) is 27.5. The van der Waals surface area contributed by atoms with Crippen LogP contribution in [-0.4, -0.2) is 118 Å². The molecule has 21 heteroatoms. The minimum absolute atomic E-state index is 0.00201. The monoisotopic (exact) mass is 967 g/mol. The lowest BCUT2D eigenvalue weighted by molar-refractivity contribution is -0.144. The molecule has 8 amide bonds. The van der Waals surface area contributed by atoms with Crippen molar-refractivity contribution in [2.45, 2.75) is 136 Å². The van der Waals surface area contributed by atoms with Crippen LogP contribution in [-0.2, 0) is 64.0 Å². The number of benzene rings is 1. The lowest BCUT2D eigenvalue weighted by Gasteiger charge is -2.30. The van der Waals surface area contributed by atoms with E-state index < -0.39 is 151 Å². The Labute approximate surface area is 401 Å². The van der Waals surface area contributed by atoms with Gasteiger partial charge in [0.1, 0.15) is 5.75 Å². The molecule has 0 radical (unpaired) electrons. The number of nitrogens with zero attached hydrogens (tertiary/aromatic N) is 1. The summed E-state index contributed by atoms with van der Waals surface area (Å²) >= 11 is 0. The van der Waals surface area contributed by atoms with Crippen LogP contribution >= 0.6 is 0 Å². The van der Waals surface area contributed by atoms with Crippen LogP contribution < -0.4 is 38.5 Å². The average Bonchev–Trinajstić information content (AvgIpc) is 3.76. The summed E-state index contributed by atoms with van der Waals surface area (Å²) in [5.41, 5.74) is 16.7. The number of likely N-dealkylation sites (tertiary alicyclic amines) is 1. The molecule has 0 unspecified atom stereocenters. The maximum absolute atomic E-state index is 14.6. The molecule has 380 valence electrons. The Hall–Kier alpha value is -6.54. The number of carbonyl (C=O) groups is 12. The molecule has 69 heavy (non-hydrogen) atoms. The predicted molar refractivity (Wildman–Crippen MR) is 248 cm³/mol. The van der Waals surface area contributed by atoms with Crippen LogP contribution in [0.15, 0.2) is 24.3 Å². The Morgan fingerprint density at radius 1 is 0.783 bits per heavy atom. The molecule has 0 saturated carbocycles. The summed E-state index contributed by atoms with van der Waals surface area (Å²) in [5.74, 6) is -13.4. The van der Waals surface area contributed by atoms with Gasteiger partial charge in [0.25, 0.3) is 0 Å². The van der Waals surface area contributed by atoms with Crippen molar-refractivity contribution in [1.82, 2.24) is 26.2 Å². The quantitative estimate of drug-likeness (QED) is 0.0958. The summed E-state index contributed by atoms with van der Waals surface area (Å²) < 4.78 is 0. The summed E-state index contributed by atoms with van der Waals surface area (Å²) in [6, 6.07) is 2.10. The van der Waals surface area contributed by atoms with Crippen molar-refractivity contribution in [3.05, 3.63) is 29.8 Å². The van der Waals surface area contributed by atoms with Gasteiger partial charge >= 0.3 is 0 Å². The molecule has 2 saturated heterocycles. The minimum atomic E-state index is -1.65.